The third kappa shape index (κ3) is 4.12. The molecule has 144 valence electrons. The van der Waals surface area contributed by atoms with Crippen LogP contribution < -0.4 is 10.9 Å². The van der Waals surface area contributed by atoms with Crippen LogP contribution in [0.3, 0.4) is 0 Å². The van der Waals surface area contributed by atoms with Crippen molar-refractivity contribution in [2.24, 2.45) is 0 Å². The zero-order chi connectivity index (χ0) is 20.4. The van der Waals surface area contributed by atoms with Gasteiger partial charge in [0.2, 0.25) is 6.71 Å². The molecule has 1 aromatic heterocycles. The first-order valence-electron chi connectivity index (χ1n) is 9.61. The van der Waals surface area contributed by atoms with Crippen LogP contribution in [-0.4, -0.2) is 16.7 Å². The highest BCUT2D eigenvalue weighted by Crippen LogP contribution is 2.27. The van der Waals surface area contributed by atoms with E-state index in [1.807, 2.05) is 26.1 Å². The number of benzene rings is 3. The van der Waals surface area contributed by atoms with Crippen LogP contribution in [0.1, 0.15) is 28.3 Å². The Hall–Kier alpha value is -2.49. The van der Waals surface area contributed by atoms with Gasteiger partial charge >= 0.3 is 0 Å². The van der Waals surface area contributed by atoms with Crippen molar-refractivity contribution < 1.29 is 0 Å². The number of imidazole rings is 1. The summed E-state index contributed by atoms with van der Waals surface area (Å²) in [4.78, 5) is 7.95. The van der Waals surface area contributed by atoms with Gasteiger partial charge in [-0.3, -0.25) is 0 Å². The van der Waals surface area contributed by atoms with Gasteiger partial charge in [-0.1, -0.05) is 88.7 Å². The molecule has 0 spiro atoms. The molecule has 0 aliphatic rings. The van der Waals surface area contributed by atoms with Crippen molar-refractivity contribution in [3.63, 3.8) is 0 Å². The lowest BCUT2D eigenvalue weighted by molar-refractivity contribution is 0.977. The molecule has 4 aromatic rings. The average molecular weight is 419 g/mol. The minimum absolute atomic E-state index is 0.000231. The van der Waals surface area contributed by atoms with Crippen molar-refractivity contribution in [2.75, 3.05) is 0 Å². The SMILES string of the molecule is Cc1ccc(B(c2ccc(C)c(Cl)c2)C(c2ccccc2)c2ncc[nH]2)cc1Cl. The van der Waals surface area contributed by atoms with E-state index in [1.54, 1.807) is 6.20 Å². The predicted molar refractivity (Wildman–Crippen MR) is 124 cm³/mol. The number of nitrogens with one attached hydrogen (secondary N) is 1. The molecule has 0 fully saturated rings. The Morgan fingerprint density at radius 2 is 1.41 bits per heavy atom. The van der Waals surface area contributed by atoms with Gasteiger partial charge in [-0.05, 0) is 42.7 Å². The topological polar surface area (TPSA) is 28.7 Å². The number of hydrogen-bond donors (Lipinski definition) is 1. The number of nitrogens with zero attached hydrogens (tertiary/aromatic N) is 1. The number of aromatic amines is 1. The summed E-state index contributed by atoms with van der Waals surface area (Å²) in [6.45, 7) is 4.04. The number of aromatic nitrogens is 2. The van der Waals surface area contributed by atoms with Gasteiger partial charge in [0.15, 0.2) is 0 Å². The number of hydrogen-bond acceptors (Lipinski definition) is 1. The maximum absolute atomic E-state index is 6.53. The largest absolute Gasteiger partial charge is 0.349 e. The summed E-state index contributed by atoms with van der Waals surface area (Å²) in [6.07, 6.45) is 3.67. The number of aryl methyl sites for hydroxylation is 2. The smallest absolute Gasteiger partial charge is 0.225 e. The molecule has 2 nitrogen and oxygen atoms in total. The summed E-state index contributed by atoms with van der Waals surface area (Å²) in [5.74, 6) is 0.901. The van der Waals surface area contributed by atoms with E-state index in [0.717, 1.165) is 37.9 Å². The van der Waals surface area contributed by atoms with Crippen LogP contribution in [0, 0.1) is 13.8 Å². The van der Waals surface area contributed by atoms with Crippen molar-refractivity contribution in [1.82, 2.24) is 9.97 Å². The molecule has 1 atom stereocenters. The first kappa shape index (κ1) is 19.8. The molecule has 1 heterocycles. The Morgan fingerprint density at radius 1 is 0.828 bits per heavy atom. The molecule has 1 unspecified atom stereocenters. The van der Waals surface area contributed by atoms with E-state index >= 15 is 0 Å². The average Bonchev–Trinajstić information content (AvgIpc) is 3.25. The first-order chi connectivity index (χ1) is 14.0. The Balaban J connectivity index is 1.96. The Kier molecular flexibility index (Phi) is 5.80. The molecule has 0 aliphatic heterocycles. The molecule has 1 N–H and O–H groups in total. The van der Waals surface area contributed by atoms with Gasteiger partial charge in [0.25, 0.3) is 0 Å². The van der Waals surface area contributed by atoms with Crippen molar-refractivity contribution in [2.45, 2.75) is 19.7 Å². The fourth-order valence-electron chi connectivity index (χ4n) is 3.80. The molecule has 29 heavy (non-hydrogen) atoms. The fourth-order valence-corrected chi connectivity index (χ4v) is 4.18. The zero-order valence-electron chi connectivity index (χ0n) is 16.4. The molecular weight excluding hydrogens is 398 g/mol. The maximum Gasteiger partial charge on any atom is 0.225 e. The number of rotatable bonds is 5. The van der Waals surface area contributed by atoms with Crippen LogP contribution in [-0.2, 0) is 0 Å². The summed E-state index contributed by atoms with van der Waals surface area (Å²) in [6, 6.07) is 23.0. The van der Waals surface area contributed by atoms with Crippen LogP contribution in [0.5, 0.6) is 0 Å². The van der Waals surface area contributed by atoms with E-state index in [2.05, 4.69) is 70.6 Å². The Labute approximate surface area is 182 Å². The molecule has 0 bridgehead atoms. The monoisotopic (exact) mass is 418 g/mol. The quantitative estimate of drug-likeness (QED) is 0.437. The number of halogens is 2. The van der Waals surface area contributed by atoms with E-state index in [1.165, 1.54) is 5.56 Å². The second-order valence-corrected chi connectivity index (χ2v) is 8.17. The normalized spacial score (nSPS) is 12.0. The highest BCUT2D eigenvalue weighted by molar-refractivity contribution is 6.87. The summed E-state index contributed by atoms with van der Waals surface area (Å²) >= 11 is 13.1. The highest BCUT2D eigenvalue weighted by atomic mass is 35.5. The second kappa shape index (κ2) is 8.48. The molecular formula is C24H21BCl2N2. The number of H-pyrrole nitrogens is 1. The van der Waals surface area contributed by atoms with E-state index in [4.69, 9.17) is 23.2 Å². The van der Waals surface area contributed by atoms with Gasteiger partial charge in [-0.25, -0.2) is 4.98 Å². The minimum atomic E-state index is -0.0104. The van der Waals surface area contributed by atoms with Gasteiger partial charge in [-0.15, -0.1) is 0 Å². The molecule has 0 amide bonds. The first-order valence-corrected chi connectivity index (χ1v) is 10.4. The van der Waals surface area contributed by atoms with Crippen molar-refractivity contribution in [1.29, 1.82) is 0 Å². The van der Waals surface area contributed by atoms with E-state index < -0.39 is 0 Å². The van der Waals surface area contributed by atoms with Gasteiger partial charge < -0.3 is 4.98 Å². The van der Waals surface area contributed by atoms with Crippen LogP contribution >= 0.6 is 23.2 Å². The molecule has 3 aromatic carbocycles. The standard InChI is InChI=1S/C24H21BCl2N2/c1-16-8-10-19(14-21(16)26)25(20-11-9-17(2)22(27)15-20)23(24-28-12-13-29-24)18-6-4-3-5-7-18/h3-15,23H,1-2H3,(H,28,29). The van der Waals surface area contributed by atoms with Gasteiger partial charge in [0, 0.05) is 28.3 Å². The summed E-state index contributed by atoms with van der Waals surface area (Å²) in [7, 11) is 0. The van der Waals surface area contributed by atoms with Crippen LogP contribution in [0.2, 0.25) is 10.0 Å². The Bertz CT molecular complexity index is 1060. The van der Waals surface area contributed by atoms with Crippen LogP contribution in [0.25, 0.3) is 0 Å². The van der Waals surface area contributed by atoms with Gasteiger partial charge in [0.05, 0.1) is 0 Å². The third-order valence-electron chi connectivity index (χ3n) is 5.42. The van der Waals surface area contributed by atoms with Crippen molar-refractivity contribution in [3.05, 3.63) is 112 Å². The summed E-state index contributed by atoms with van der Waals surface area (Å²) in [5.41, 5.74) is 5.56. The van der Waals surface area contributed by atoms with E-state index in [9.17, 15) is 0 Å². The lowest BCUT2D eigenvalue weighted by Gasteiger charge is -2.25. The van der Waals surface area contributed by atoms with Crippen LogP contribution in [0.4, 0.5) is 0 Å². The molecule has 0 saturated carbocycles. The summed E-state index contributed by atoms with van der Waals surface area (Å²) < 4.78 is 0. The van der Waals surface area contributed by atoms with Crippen molar-refractivity contribution in [3.8, 4) is 0 Å². The molecule has 0 aliphatic carbocycles. The Morgan fingerprint density at radius 3 is 1.90 bits per heavy atom. The van der Waals surface area contributed by atoms with Crippen LogP contribution in [0.15, 0.2) is 79.1 Å². The zero-order valence-corrected chi connectivity index (χ0v) is 17.9. The molecule has 0 saturated heterocycles. The third-order valence-corrected chi connectivity index (χ3v) is 6.23. The lowest BCUT2D eigenvalue weighted by atomic mass is 9.32. The molecule has 5 heteroatoms. The van der Waals surface area contributed by atoms with Crippen molar-refractivity contribution >= 4 is 40.8 Å². The fraction of sp³-hybridized carbons (Fsp3) is 0.125. The molecule has 4 rings (SSSR count). The van der Waals surface area contributed by atoms with Gasteiger partial charge in [-0.2, -0.15) is 0 Å². The maximum atomic E-state index is 6.53. The lowest BCUT2D eigenvalue weighted by Crippen LogP contribution is -2.48. The van der Waals surface area contributed by atoms with Gasteiger partial charge in [0.1, 0.15) is 5.82 Å². The predicted octanol–water partition coefficient (Wildman–Crippen LogP) is 5.31. The highest BCUT2D eigenvalue weighted by Gasteiger charge is 2.34. The second-order valence-electron chi connectivity index (χ2n) is 7.36. The molecule has 0 radical (unpaired) electrons. The minimum Gasteiger partial charge on any atom is -0.349 e. The van der Waals surface area contributed by atoms with E-state index in [0.29, 0.717) is 0 Å². The summed E-state index contributed by atoms with van der Waals surface area (Å²) in [5, 5.41) is 1.52. The van der Waals surface area contributed by atoms with E-state index in [-0.39, 0.29) is 12.5 Å².